The molecule has 0 saturated carbocycles. The summed E-state index contributed by atoms with van der Waals surface area (Å²) in [5.74, 6) is 0.727. The van der Waals surface area contributed by atoms with Gasteiger partial charge in [0.15, 0.2) is 15.8 Å². The molecule has 0 unspecified atom stereocenters. The van der Waals surface area contributed by atoms with Crippen LogP contribution in [0.2, 0.25) is 0 Å². The van der Waals surface area contributed by atoms with E-state index in [9.17, 15) is 8.42 Å². The van der Waals surface area contributed by atoms with Crippen LogP contribution in [0, 0.1) is 6.92 Å². The van der Waals surface area contributed by atoms with Crippen LogP contribution in [0.25, 0.3) is 0 Å². The summed E-state index contributed by atoms with van der Waals surface area (Å²) >= 11 is 0. The van der Waals surface area contributed by atoms with Gasteiger partial charge in [0, 0.05) is 13.1 Å². The lowest BCUT2D eigenvalue weighted by Crippen LogP contribution is -2.41. The highest BCUT2D eigenvalue weighted by Gasteiger charge is 2.28. The van der Waals surface area contributed by atoms with Gasteiger partial charge < -0.3 is 10.6 Å². The highest BCUT2D eigenvalue weighted by Crippen LogP contribution is 2.15. The van der Waals surface area contributed by atoms with Crippen molar-refractivity contribution in [2.75, 3.05) is 18.8 Å². The number of halogens is 1. The van der Waals surface area contributed by atoms with Crippen molar-refractivity contribution in [1.82, 2.24) is 10.6 Å². The summed E-state index contributed by atoms with van der Waals surface area (Å²) in [5, 5.41) is 6.24. The number of nitrogens with one attached hydrogen (secondary N) is 2. The number of aliphatic imine (C=N–C) groups is 1. The maximum atomic E-state index is 12.1. The molecular weight excluding hydrogens is 437 g/mol. The Morgan fingerprint density at radius 2 is 1.79 bits per heavy atom. The van der Waals surface area contributed by atoms with E-state index in [1.165, 1.54) is 5.56 Å². The van der Waals surface area contributed by atoms with Crippen molar-refractivity contribution >= 4 is 39.8 Å². The van der Waals surface area contributed by atoms with Crippen LogP contribution in [0.15, 0.2) is 29.3 Å². The molecule has 0 aromatic heterocycles. The summed E-state index contributed by atoms with van der Waals surface area (Å²) in [6.07, 6.45) is 0. The number of benzene rings is 1. The summed E-state index contributed by atoms with van der Waals surface area (Å²) in [5.41, 5.74) is 2.36. The SMILES string of the molecule is CCNC(=NCc1ccccc1C)NCCS(=O)(=O)C(C)(C)C.I. The fraction of sp³-hybridized carbons (Fsp3) is 0.588. The predicted octanol–water partition coefficient (Wildman–Crippen LogP) is 2.88. The van der Waals surface area contributed by atoms with Gasteiger partial charge in [0.1, 0.15) is 0 Å². The molecule has 1 rings (SSSR count). The monoisotopic (exact) mass is 467 g/mol. The molecule has 0 spiro atoms. The average molecular weight is 467 g/mol. The second-order valence-corrected chi connectivity index (χ2v) is 9.34. The third kappa shape index (κ3) is 7.38. The molecule has 1 aromatic carbocycles. The van der Waals surface area contributed by atoms with Gasteiger partial charge in [-0.3, -0.25) is 0 Å². The fourth-order valence-electron chi connectivity index (χ4n) is 1.90. The van der Waals surface area contributed by atoms with Crippen molar-refractivity contribution in [3.8, 4) is 0 Å². The molecule has 0 aliphatic rings. The molecule has 138 valence electrons. The Morgan fingerprint density at radius 1 is 1.17 bits per heavy atom. The number of nitrogens with zero attached hydrogens (tertiary/aromatic N) is 1. The minimum Gasteiger partial charge on any atom is -0.357 e. The minimum absolute atomic E-state index is 0. The number of guanidine groups is 1. The van der Waals surface area contributed by atoms with Crippen LogP contribution < -0.4 is 10.6 Å². The van der Waals surface area contributed by atoms with Crippen LogP contribution in [-0.2, 0) is 16.4 Å². The molecule has 0 amide bonds. The molecule has 0 atom stereocenters. The first-order chi connectivity index (χ1) is 10.7. The summed E-state index contributed by atoms with van der Waals surface area (Å²) in [4.78, 5) is 4.53. The summed E-state index contributed by atoms with van der Waals surface area (Å²) in [7, 11) is -3.13. The van der Waals surface area contributed by atoms with E-state index in [4.69, 9.17) is 0 Å². The molecule has 0 aliphatic carbocycles. The van der Waals surface area contributed by atoms with Crippen LogP contribution in [0.4, 0.5) is 0 Å². The second-order valence-electron chi connectivity index (χ2n) is 6.48. The zero-order valence-electron chi connectivity index (χ0n) is 15.2. The topological polar surface area (TPSA) is 70.6 Å². The normalized spacial score (nSPS) is 12.5. The van der Waals surface area contributed by atoms with Gasteiger partial charge in [0.05, 0.1) is 17.0 Å². The fourth-order valence-corrected chi connectivity index (χ4v) is 2.89. The molecule has 5 nitrogen and oxygen atoms in total. The van der Waals surface area contributed by atoms with Gasteiger partial charge in [-0.15, -0.1) is 24.0 Å². The molecule has 1 aromatic rings. The van der Waals surface area contributed by atoms with Crippen LogP contribution >= 0.6 is 24.0 Å². The summed E-state index contributed by atoms with van der Waals surface area (Å²) < 4.78 is 23.5. The lowest BCUT2D eigenvalue weighted by atomic mass is 10.1. The molecule has 24 heavy (non-hydrogen) atoms. The van der Waals surface area contributed by atoms with Crippen LogP contribution in [0.5, 0.6) is 0 Å². The van der Waals surface area contributed by atoms with Gasteiger partial charge >= 0.3 is 0 Å². The Morgan fingerprint density at radius 3 is 2.33 bits per heavy atom. The first-order valence-corrected chi connectivity index (χ1v) is 9.61. The maximum Gasteiger partial charge on any atom is 0.191 e. The van der Waals surface area contributed by atoms with E-state index < -0.39 is 14.6 Å². The molecule has 2 N–H and O–H groups in total. The number of aryl methyl sites for hydroxylation is 1. The van der Waals surface area contributed by atoms with E-state index in [-0.39, 0.29) is 29.7 Å². The van der Waals surface area contributed by atoms with E-state index in [1.54, 1.807) is 20.8 Å². The van der Waals surface area contributed by atoms with Crippen molar-refractivity contribution < 1.29 is 8.42 Å². The van der Waals surface area contributed by atoms with Crippen molar-refractivity contribution in [2.24, 2.45) is 4.99 Å². The van der Waals surface area contributed by atoms with Crippen molar-refractivity contribution in [2.45, 2.75) is 45.9 Å². The zero-order chi connectivity index (χ0) is 17.5. The maximum absolute atomic E-state index is 12.1. The Bertz CT molecular complexity index is 637. The van der Waals surface area contributed by atoms with Gasteiger partial charge in [-0.25, -0.2) is 13.4 Å². The van der Waals surface area contributed by atoms with Crippen LogP contribution in [0.3, 0.4) is 0 Å². The van der Waals surface area contributed by atoms with E-state index in [0.29, 0.717) is 19.0 Å². The van der Waals surface area contributed by atoms with E-state index >= 15 is 0 Å². The molecule has 7 heteroatoms. The number of hydrogen-bond donors (Lipinski definition) is 2. The molecule has 0 heterocycles. The first kappa shape index (κ1) is 23.2. The standard InChI is InChI=1S/C17H29N3O2S.HI/c1-6-18-16(19-11-12-23(21,22)17(3,4)5)20-13-15-10-8-7-9-14(15)2;/h7-10H,6,11-13H2,1-5H3,(H2,18,19,20);1H. The Balaban J connectivity index is 0.00000529. The molecule has 0 saturated heterocycles. The number of rotatable bonds is 6. The Labute approximate surface area is 163 Å². The summed E-state index contributed by atoms with van der Waals surface area (Å²) in [6.45, 7) is 10.8. The highest BCUT2D eigenvalue weighted by atomic mass is 127. The van der Waals surface area contributed by atoms with E-state index in [1.807, 2.05) is 25.1 Å². The molecule has 0 fully saturated rings. The number of sulfone groups is 1. The Hall–Kier alpha value is -0.830. The smallest absolute Gasteiger partial charge is 0.191 e. The lowest BCUT2D eigenvalue weighted by molar-refractivity contribution is 0.559. The third-order valence-electron chi connectivity index (χ3n) is 3.61. The Kier molecular flexibility index (Phi) is 9.87. The minimum atomic E-state index is -3.13. The van der Waals surface area contributed by atoms with Crippen molar-refractivity contribution in [3.05, 3.63) is 35.4 Å². The molecule has 0 radical (unpaired) electrons. The molecule has 0 bridgehead atoms. The first-order valence-electron chi connectivity index (χ1n) is 7.96. The van der Waals surface area contributed by atoms with Crippen LogP contribution in [0.1, 0.15) is 38.8 Å². The second kappa shape index (κ2) is 10.2. The van der Waals surface area contributed by atoms with E-state index in [2.05, 4.69) is 28.6 Å². The lowest BCUT2D eigenvalue weighted by Gasteiger charge is -2.19. The molecule has 0 aliphatic heterocycles. The average Bonchev–Trinajstić information content (AvgIpc) is 2.45. The predicted molar refractivity (Wildman–Crippen MR) is 113 cm³/mol. The number of hydrogen-bond acceptors (Lipinski definition) is 3. The van der Waals surface area contributed by atoms with Gasteiger partial charge in [0.25, 0.3) is 0 Å². The summed E-state index contributed by atoms with van der Waals surface area (Å²) in [6, 6.07) is 8.10. The van der Waals surface area contributed by atoms with Gasteiger partial charge in [-0.05, 0) is 45.7 Å². The van der Waals surface area contributed by atoms with Crippen molar-refractivity contribution in [3.63, 3.8) is 0 Å². The quantitative estimate of drug-likeness (QED) is 0.384. The molecular formula is C17H30IN3O2S. The van der Waals surface area contributed by atoms with Gasteiger partial charge in [0.2, 0.25) is 0 Å². The van der Waals surface area contributed by atoms with Gasteiger partial charge in [-0.2, -0.15) is 0 Å². The van der Waals surface area contributed by atoms with Crippen molar-refractivity contribution in [1.29, 1.82) is 0 Å². The largest absolute Gasteiger partial charge is 0.357 e. The highest BCUT2D eigenvalue weighted by molar-refractivity contribution is 14.0. The van der Waals surface area contributed by atoms with E-state index in [0.717, 1.165) is 12.1 Å². The third-order valence-corrected chi connectivity index (χ3v) is 6.22. The van der Waals surface area contributed by atoms with Crippen LogP contribution in [-0.4, -0.2) is 38.0 Å². The van der Waals surface area contributed by atoms with Gasteiger partial charge in [-0.1, -0.05) is 24.3 Å². The zero-order valence-corrected chi connectivity index (χ0v) is 18.4.